The summed E-state index contributed by atoms with van der Waals surface area (Å²) < 4.78 is 7.06. The maximum Gasteiger partial charge on any atom is 0.307 e. The molecule has 4 rings (SSSR count). The van der Waals surface area contributed by atoms with Crippen molar-refractivity contribution in [2.45, 2.75) is 32.4 Å². The Morgan fingerprint density at radius 1 is 1.22 bits per heavy atom. The highest BCUT2D eigenvalue weighted by Gasteiger charge is 2.41. The molecule has 0 aliphatic carbocycles. The molecule has 0 bridgehead atoms. The third-order valence-electron chi connectivity index (χ3n) is 5.86. The van der Waals surface area contributed by atoms with Crippen molar-refractivity contribution in [2.24, 2.45) is 0 Å². The first kappa shape index (κ1) is 22.3. The SMILES string of the molecule is COC(=O)CCN1C(=S)NC(c2ccccn2)C1c1cc(C)n(-c2ccc(Cl)cc2)c1C. The molecular weight excluding hydrogens is 444 g/mol. The number of aryl methyl sites for hydroxylation is 1. The summed E-state index contributed by atoms with van der Waals surface area (Å²) in [6.07, 6.45) is 2.03. The topological polar surface area (TPSA) is 59.4 Å². The number of rotatable bonds is 6. The second-order valence-corrected chi connectivity index (χ2v) is 8.61. The Labute approximate surface area is 198 Å². The Bertz CT molecular complexity index is 1130. The molecule has 6 nitrogen and oxygen atoms in total. The van der Waals surface area contributed by atoms with Gasteiger partial charge in [0.2, 0.25) is 0 Å². The first-order valence-electron chi connectivity index (χ1n) is 10.4. The molecule has 1 aliphatic heterocycles. The molecule has 166 valence electrons. The summed E-state index contributed by atoms with van der Waals surface area (Å²) in [6, 6.07) is 15.6. The third kappa shape index (κ3) is 4.23. The number of nitrogens with zero attached hydrogens (tertiary/aromatic N) is 3. The zero-order valence-corrected chi connectivity index (χ0v) is 19.8. The number of ether oxygens (including phenoxy) is 1. The zero-order valence-electron chi connectivity index (χ0n) is 18.2. The fourth-order valence-corrected chi connectivity index (χ4v) is 4.83. The number of pyridine rings is 1. The zero-order chi connectivity index (χ0) is 22.8. The standard InChI is InChI=1S/C24H25ClN4O2S/c1-15-14-19(16(2)29(15)18-9-7-17(25)8-10-18)23-22(20-6-4-5-12-26-20)27-24(32)28(23)13-11-21(30)31-3/h4-10,12,14,22-23H,11,13H2,1-3H3,(H,27,32). The van der Waals surface area contributed by atoms with Crippen LogP contribution in [0.25, 0.3) is 5.69 Å². The van der Waals surface area contributed by atoms with Gasteiger partial charge in [-0.05, 0) is 74.1 Å². The van der Waals surface area contributed by atoms with Crippen LogP contribution in [0, 0.1) is 13.8 Å². The first-order chi connectivity index (χ1) is 15.4. The van der Waals surface area contributed by atoms with Crippen molar-refractivity contribution in [3.05, 3.63) is 82.4 Å². The van der Waals surface area contributed by atoms with Gasteiger partial charge in [0.15, 0.2) is 5.11 Å². The summed E-state index contributed by atoms with van der Waals surface area (Å²) in [5.41, 5.74) is 5.28. The molecule has 1 aliphatic rings. The smallest absolute Gasteiger partial charge is 0.307 e. The van der Waals surface area contributed by atoms with E-state index in [1.807, 2.05) is 42.5 Å². The van der Waals surface area contributed by atoms with Gasteiger partial charge < -0.3 is 19.5 Å². The molecule has 0 saturated carbocycles. The number of thiocarbonyl (C=S) groups is 1. The number of methoxy groups -OCH3 is 1. The lowest BCUT2D eigenvalue weighted by Crippen LogP contribution is -2.32. The van der Waals surface area contributed by atoms with Gasteiger partial charge in [-0.25, -0.2) is 0 Å². The highest BCUT2D eigenvalue weighted by molar-refractivity contribution is 7.80. The second kappa shape index (κ2) is 9.30. The predicted octanol–water partition coefficient (Wildman–Crippen LogP) is 4.68. The fourth-order valence-electron chi connectivity index (χ4n) is 4.37. The molecule has 1 N–H and O–H groups in total. The molecule has 2 aromatic heterocycles. The molecule has 32 heavy (non-hydrogen) atoms. The minimum absolute atomic E-state index is 0.116. The predicted molar refractivity (Wildman–Crippen MR) is 129 cm³/mol. The maximum atomic E-state index is 11.9. The molecule has 8 heteroatoms. The summed E-state index contributed by atoms with van der Waals surface area (Å²) in [6.45, 7) is 4.64. The summed E-state index contributed by atoms with van der Waals surface area (Å²) in [5.74, 6) is -0.264. The molecule has 2 unspecified atom stereocenters. The molecule has 0 radical (unpaired) electrons. The van der Waals surface area contributed by atoms with Crippen LogP contribution in [0.15, 0.2) is 54.7 Å². The minimum Gasteiger partial charge on any atom is -0.469 e. The fraction of sp³-hybridized carbons (Fsp3) is 0.292. The van der Waals surface area contributed by atoms with Gasteiger partial charge in [-0.15, -0.1) is 0 Å². The van der Waals surface area contributed by atoms with Crippen LogP contribution in [-0.4, -0.2) is 39.2 Å². The van der Waals surface area contributed by atoms with Crippen LogP contribution in [0.4, 0.5) is 0 Å². The molecule has 1 saturated heterocycles. The number of carbonyl (C=O) groups excluding carboxylic acids is 1. The number of halogens is 1. The number of aromatic nitrogens is 2. The van der Waals surface area contributed by atoms with Crippen LogP contribution in [0.3, 0.4) is 0 Å². The van der Waals surface area contributed by atoms with Crippen molar-refractivity contribution in [1.29, 1.82) is 0 Å². The molecule has 1 aromatic carbocycles. The summed E-state index contributed by atoms with van der Waals surface area (Å²) in [5, 5.41) is 4.73. The average Bonchev–Trinajstić information content (AvgIpc) is 3.28. The monoisotopic (exact) mass is 468 g/mol. The van der Waals surface area contributed by atoms with Gasteiger partial charge in [-0.3, -0.25) is 9.78 Å². The van der Waals surface area contributed by atoms with Crippen LogP contribution < -0.4 is 5.32 Å². The average molecular weight is 469 g/mol. The Morgan fingerprint density at radius 2 is 1.97 bits per heavy atom. The van der Waals surface area contributed by atoms with Gasteiger partial charge in [0.05, 0.1) is 31.3 Å². The molecule has 0 spiro atoms. The molecule has 0 amide bonds. The lowest BCUT2D eigenvalue weighted by molar-refractivity contribution is -0.140. The second-order valence-electron chi connectivity index (χ2n) is 7.78. The number of benzene rings is 1. The van der Waals surface area contributed by atoms with E-state index in [0.717, 1.165) is 28.3 Å². The molecule has 2 atom stereocenters. The van der Waals surface area contributed by atoms with Crippen molar-refractivity contribution in [2.75, 3.05) is 13.7 Å². The quantitative estimate of drug-likeness (QED) is 0.418. The molecule has 3 aromatic rings. The van der Waals surface area contributed by atoms with E-state index in [-0.39, 0.29) is 24.5 Å². The lowest BCUT2D eigenvalue weighted by Gasteiger charge is -2.28. The molecular formula is C24H25ClN4O2S. The van der Waals surface area contributed by atoms with E-state index in [4.69, 9.17) is 28.6 Å². The summed E-state index contributed by atoms with van der Waals surface area (Å²) in [7, 11) is 1.40. The number of hydrogen-bond donors (Lipinski definition) is 1. The maximum absolute atomic E-state index is 11.9. The van der Waals surface area contributed by atoms with Crippen molar-refractivity contribution >= 4 is 34.9 Å². The third-order valence-corrected chi connectivity index (χ3v) is 6.46. The largest absolute Gasteiger partial charge is 0.469 e. The molecule has 3 heterocycles. The van der Waals surface area contributed by atoms with E-state index in [9.17, 15) is 4.79 Å². The van der Waals surface area contributed by atoms with Gasteiger partial charge in [0, 0.05) is 34.8 Å². The van der Waals surface area contributed by atoms with Crippen molar-refractivity contribution < 1.29 is 9.53 Å². The first-order valence-corrected chi connectivity index (χ1v) is 11.2. The number of esters is 1. The van der Waals surface area contributed by atoms with E-state index in [0.29, 0.717) is 16.7 Å². The van der Waals surface area contributed by atoms with Gasteiger partial charge in [0.1, 0.15) is 0 Å². The van der Waals surface area contributed by atoms with Crippen LogP contribution in [0.5, 0.6) is 0 Å². The Kier molecular flexibility index (Phi) is 6.48. The van der Waals surface area contributed by atoms with E-state index >= 15 is 0 Å². The van der Waals surface area contributed by atoms with E-state index < -0.39 is 0 Å². The van der Waals surface area contributed by atoms with Gasteiger partial charge in [-0.1, -0.05) is 17.7 Å². The van der Waals surface area contributed by atoms with Crippen molar-refractivity contribution in [1.82, 2.24) is 19.8 Å². The number of carbonyl (C=O) groups is 1. The summed E-state index contributed by atoms with van der Waals surface area (Å²) in [4.78, 5) is 18.5. The van der Waals surface area contributed by atoms with Crippen LogP contribution in [-0.2, 0) is 9.53 Å². The van der Waals surface area contributed by atoms with Crippen LogP contribution >= 0.6 is 23.8 Å². The number of hydrogen-bond acceptors (Lipinski definition) is 4. The normalized spacial score (nSPS) is 18.0. The van der Waals surface area contributed by atoms with E-state index in [1.54, 1.807) is 6.20 Å². The van der Waals surface area contributed by atoms with Gasteiger partial charge in [0.25, 0.3) is 0 Å². The minimum atomic E-state index is -0.264. The number of nitrogens with one attached hydrogen (secondary N) is 1. The van der Waals surface area contributed by atoms with E-state index in [2.05, 4.69) is 39.7 Å². The van der Waals surface area contributed by atoms with Gasteiger partial charge >= 0.3 is 5.97 Å². The van der Waals surface area contributed by atoms with Crippen molar-refractivity contribution in [3.8, 4) is 5.69 Å². The summed E-state index contributed by atoms with van der Waals surface area (Å²) >= 11 is 11.8. The Morgan fingerprint density at radius 3 is 2.62 bits per heavy atom. The molecule has 1 fully saturated rings. The van der Waals surface area contributed by atoms with Gasteiger partial charge in [-0.2, -0.15) is 0 Å². The Hall–Kier alpha value is -2.90. The Balaban J connectivity index is 1.78. The van der Waals surface area contributed by atoms with Crippen molar-refractivity contribution in [3.63, 3.8) is 0 Å². The highest BCUT2D eigenvalue weighted by Crippen LogP contribution is 2.41. The van der Waals surface area contributed by atoms with Crippen LogP contribution in [0.2, 0.25) is 5.02 Å². The van der Waals surface area contributed by atoms with E-state index in [1.165, 1.54) is 7.11 Å². The van der Waals surface area contributed by atoms with Crippen LogP contribution in [0.1, 0.15) is 41.1 Å². The highest BCUT2D eigenvalue weighted by atomic mass is 35.5. The lowest BCUT2D eigenvalue weighted by atomic mass is 9.96.